The Hall–Kier alpha value is -2.37. The number of aliphatic hydroxyl groups excluding tert-OH is 1. The Morgan fingerprint density at radius 1 is 1.61 bits per heavy atom. The molecule has 0 radical (unpaired) electrons. The summed E-state index contributed by atoms with van der Waals surface area (Å²) in [4.78, 5) is 27.2. The van der Waals surface area contributed by atoms with Gasteiger partial charge in [-0.2, -0.15) is 0 Å². The lowest BCUT2D eigenvalue weighted by atomic mass is 10.1. The second-order valence-electron chi connectivity index (χ2n) is 3.67. The lowest BCUT2D eigenvalue weighted by molar-refractivity contribution is -0.139. The molecule has 0 saturated carbocycles. The highest BCUT2D eigenvalue weighted by atomic mass is 16.5. The number of fused-ring (bicyclic) bond motifs is 1. The van der Waals surface area contributed by atoms with E-state index < -0.39 is 11.9 Å². The maximum absolute atomic E-state index is 11.7. The summed E-state index contributed by atoms with van der Waals surface area (Å²) in [5, 5.41) is 12.6. The Morgan fingerprint density at radius 3 is 3.11 bits per heavy atom. The van der Waals surface area contributed by atoms with Gasteiger partial charge in [-0.05, 0) is 19.1 Å². The molecule has 6 nitrogen and oxygen atoms in total. The van der Waals surface area contributed by atoms with Crippen LogP contribution in [0, 0.1) is 0 Å². The molecule has 0 unspecified atom stereocenters. The maximum atomic E-state index is 11.7. The molecular weight excluding hydrogens is 236 g/mol. The van der Waals surface area contributed by atoms with Crippen molar-refractivity contribution >= 4 is 23.3 Å². The van der Waals surface area contributed by atoms with E-state index in [1.165, 1.54) is 6.20 Å². The van der Waals surface area contributed by atoms with Crippen molar-refractivity contribution in [2.75, 3.05) is 11.9 Å². The van der Waals surface area contributed by atoms with Crippen LogP contribution in [0.15, 0.2) is 23.9 Å². The second-order valence-corrected chi connectivity index (χ2v) is 3.67. The predicted molar refractivity (Wildman–Crippen MR) is 63.7 cm³/mol. The predicted octanol–water partition coefficient (Wildman–Crippen LogP) is 1.26. The molecule has 1 amide bonds. The van der Waals surface area contributed by atoms with E-state index in [0.717, 1.165) is 0 Å². The zero-order valence-electron chi connectivity index (χ0n) is 9.77. The van der Waals surface area contributed by atoms with Crippen LogP contribution in [0.5, 0.6) is 0 Å². The quantitative estimate of drug-likeness (QED) is 0.769. The first-order valence-electron chi connectivity index (χ1n) is 5.48. The molecule has 0 spiro atoms. The van der Waals surface area contributed by atoms with Crippen molar-refractivity contribution in [3.8, 4) is 0 Å². The summed E-state index contributed by atoms with van der Waals surface area (Å²) in [5.41, 5.74) is 0.470. The third kappa shape index (κ3) is 2.17. The minimum absolute atomic E-state index is 0.0770. The first-order chi connectivity index (χ1) is 8.63. The number of esters is 1. The van der Waals surface area contributed by atoms with Crippen LogP contribution in [-0.4, -0.2) is 28.6 Å². The monoisotopic (exact) mass is 248 g/mol. The van der Waals surface area contributed by atoms with Crippen LogP contribution >= 0.6 is 0 Å². The third-order valence-corrected chi connectivity index (χ3v) is 2.45. The topological polar surface area (TPSA) is 88.5 Å². The highest BCUT2D eigenvalue weighted by Gasteiger charge is 2.27. The maximum Gasteiger partial charge on any atom is 0.338 e. The number of hydrogen-bond donors (Lipinski definition) is 2. The lowest BCUT2D eigenvalue weighted by Crippen LogP contribution is -2.15. The normalized spacial score (nSPS) is 14.6. The molecule has 2 rings (SSSR count). The van der Waals surface area contributed by atoms with Crippen LogP contribution in [0.1, 0.15) is 19.0 Å². The summed E-state index contributed by atoms with van der Waals surface area (Å²) in [5.74, 6) is -1.41. The first kappa shape index (κ1) is 12.1. The second kappa shape index (κ2) is 4.87. The first-order valence-corrected chi connectivity index (χ1v) is 5.48. The van der Waals surface area contributed by atoms with Crippen molar-refractivity contribution in [3.05, 3.63) is 29.6 Å². The van der Waals surface area contributed by atoms with Gasteiger partial charge in [-0.3, -0.25) is 9.78 Å². The van der Waals surface area contributed by atoms with Crippen LogP contribution < -0.4 is 5.32 Å². The Morgan fingerprint density at radius 2 is 2.39 bits per heavy atom. The minimum atomic E-state index is -0.705. The number of aliphatic hydroxyl groups is 1. The van der Waals surface area contributed by atoms with Crippen LogP contribution in [0.25, 0.3) is 5.76 Å². The molecule has 6 heteroatoms. The van der Waals surface area contributed by atoms with Gasteiger partial charge < -0.3 is 15.2 Å². The van der Waals surface area contributed by atoms with Gasteiger partial charge in [-0.25, -0.2) is 4.79 Å². The molecular formula is C12H12N2O4. The number of pyridine rings is 1. The number of nitrogens with zero attached hydrogens (tertiary/aromatic N) is 1. The molecule has 94 valence electrons. The lowest BCUT2D eigenvalue weighted by Gasteiger charge is -2.06. The number of carbonyl (C=O) groups excluding carboxylic acids is 2. The number of nitrogens with one attached hydrogen (secondary N) is 1. The number of carbonyl (C=O) groups is 2. The van der Waals surface area contributed by atoms with E-state index in [1.807, 2.05) is 0 Å². The molecule has 0 saturated heterocycles. The minimum Gasteiger partial charge on any atom is -0.505 e. The molecule has 0 atom stereocenters. The zero-order valence-corrected chi connectivity index (χ0v) is 9.77. The summed E-state index contributed by atoms with van der Waals surface area (Å²) in [7, 11) is 0. The molecule has 0 aliphatic carbocycles. The molecule has 18 heavy (non-hydrogen) atoms. The van der Waals surface area contributed by atoms with Crippen molar-refractivity contribution in [3.63, 3.8) is 0 Å². The van der Waals surface area contributed by atoms with Crippen LogP contribution in [0.3, 0.4) is 0 Å². The Kier molecular flexibility index (Phi) is 3.27. The summed E-state index contributed by atoms with van der Waals surface area (Å²) < 4.78 is 4.81. The van der Waals surface area contributed by atoms with Crippen molar-refractivity contribution in [1.29, 1.82) is 0 Å². The number of hydrogen-bond acceptors (Lipinski definition) is 5. The summed E-state index contributed by atoms with van der Waals surface area (Å²) in [6.07, 6.45) is 1.23. The summed E-state index contributed by atoms with van der Waals surface area (Å²) in [6, 6.07) is 3.23. The molecule has 1 aromatic rings. The van der Waals surface area contributed by atoms with Crippen molar-refractivity contribution in [2.45, 2.75) is 13.3 Å². The summed E-state index contributed by atoms with van der Waals surface area (Å²) in [6.45, 7) is 1.82. The van der Waals surface area contributed by atoms with E-state index in [0.29, 0.717) is 5.69 Å². The standard InChI is InChI=1S/C12H12N2O4/c1-2-18-12(17)7-6-9(15)14-8-4-3-5-13-10(8)11(7)16/h3-5,16H,2,6H2,1H3,(H,14,15). The number of anilines is 1. The summed E-state index contributed by atoms with van der Waals surface area (Å²) >= 11 is 0. The van der Waals surface area contributed by atoms with E-state index in [9.17, 15) is 14.7 Å². The van der Waals surface area contributed by atoms with Gasteiger partial charge in [0.15, 0.2) is 5.76 Å². The molecule has 0 fully saturated rings. The highest BCUT2D eigenvalue weighted by molar-refractivity contribution is 6.07. The Balaban J connectivity index is 2.51. The fourth-order valence-electron chi connectivity index (χ4n) is 1.66. The van der Waals surface area contributed by atoms with Gasteiger partial charge in [-0.15, -0.1) is 0 Å². The van der Waals surface area contributed by atoms with Crippen molar-refractivity contribution in [2.24, 2.45) is 0 Å². The number of aromatic nitrogens is 1. The number of ether oxygens (including phenoxy) is 1. The highest BCUT2D eigenvalue weighted by Crippen LogP contribution is 2.27. The van der Waals surface area contributed by atoms with Gasteiger partial charge in [0.05, 0.1) is 24.3 Å². The van der Waals surface area contributed by atoms with Gasteiger partial charge in [0.1, 0.15) is 5.69 Å². The van der Waals surface area contributed by atoms with E-state index in [4.69, 9.17) is 4.74 Å². The van der Waals surface area contributed by atoms with Crippen molar-refractivity contribution < 1.29 is 19.4 Å². The molecule has 2 N–H and O–H groups in total. The van der Waals surface area contributed by atoms with Crippen molar-refractivity contribution in [1.82, 2.24) is 4.98 Å². The van der Waals surface area contributed by atoms with Gasteiger partial charge in [0.2, 0.25) is 5.91 Å². The van der Waals surface area contributed by atoms with Gasteiger partial charge in [0.25, 0.3) is 0 Å². The Bertz CT molecular complexity index is 537. The molecule has 1 aliphatic heterocycles. The van der Waals surface area contributed by atoms with Crippen LogP contribution in [-0.2, 0) is 14.3 Å². The largest absolute Gasteiger partial charge is 0.505 e. The zero-order chi connectivity index (χ0) is 13.1. The fraction of sp³-hybridized carbons (Fsp3) is 0.250. The average Bonchev–Trinajstić information content (AvgIpc) is 2.47. The number of rotatable bonds is 2. The molecule has 0 bridgehead atoms. The van der Waals surface area contributed by atoms with E-state index in [1.54, 1.807) is 19.1 Å². The number of amides is 1. The third-order valence-electron chi connectivity index (χ3n) is 2.45. The molecule has 1 aliphatic rings. The van der Waals surface area contributed by atoms with Gasteiger partial charge in [0, 0.05) is 6.20 Å². The fourth-order valence-corrected chi connectivity index (χ4v) is 1.66. The molecule has 1 aromatic heterocycles. The Labute approximate surface area is 103 Å². The van der Waals surface area contributed by atoms with Crippen LogP contribution in [0.4, 0.5) is 5.69 Å². The smallest absolute Gasteiger partial charge is 0.338 e. The van der Waals surface area contributed by atoms with E-state index >= 15 is 0 Å². The SMILES string of the molecule is CCOC(=O)C1=C(O)c2ncccc2NC(=O)C1. The molecule has 2 heterocycles. The van der Waals surface area contributed by atoms with E-state index in [2.05, 4.69) is 10.3 Å². The van der Waals surface area contributed by atoms with Crippen LogP contribution in [0.2, 0.25) is 0 Å². The van der Waals surface area contributed by atoms with Gasteiger partial charge >= 0.3 is 5.97 Å². The average molecular weight is 248 g/mol. The molecule has 0 aromatic carbocycles. The van der Waals surface area contributed by atoms with Gasteiger partial charge in [-0.1, -0.05) is 0 Å². The van der Waals surface area contributed by atoms with E-state index in [-0.39, 0.29) is 30.1 Å².